The lowest BCUT2D eigenvalue weighted by Crippen LogP contribution is -2.38. The van der Waals surface area contributed by atoms with E-state index in [-0.39, 0.29) is 0 Å². The number of hydrogen-bond acceptors (Lipinski definition) is 6. The number of nitrogens with two attached hydrogens (primary N) is 1. The summed E-state index contributed by atoms with van der Waals surface area (Å²) in [5, 5.41) is 0. The molecule has 6 heteroatoms. The smallest absolute Gasteiger partial charge is 0.160 e. The number of nitrogens with one attached hydrogen (secondary N) is 1. The van der Waals surface area contributed by atoms with Crippen molar-refractivity contribution in [3.63, 3.8) is 0 Å². The molecule has 1 unspecified atom stereocenters. The summed E-state index contributed by atoms with van der Waals surface area (Å²) in [6.07, 6.45) is 5.84. The van der Waals surface area contributed by atoms with Gasteiger partial charge in [0.1, 0.15) is 5.82 Å². The van der Waals surface area contributed by atoms with E-state index in [1.807, 2.05) is 0 Å². The van der Waals surface area contributed by atoms with Gasteiger partial charge < -0.3 is 15.2 Å². The largest absolute Gasteiger partial charge is 0.351 e. The molecule has 0 aliphatic carbocycles. The van der Waals surface area contributed by atoms with Crippen LogP contribution in [0.3, 0.4) is 0 Å². The molecule has 0 bridgehead atoms. The van der Waals surface area contributed by atoms with Crippen molar-refractivity contribution in [3.05, 3.63) is 12.4 Å². The van der Waals surface area contributed by atoms with Crippen molar-refractivity contribution in [1.29, 1.82) is 0 Å². The van der Waals surface area contributed by atoms with Gasteiger partial charge in [0.05, 0.1) is 12.4 Å². The number of nitrogens with zero attached hydrogens (tertiary/aromatic N) is 4. The second-order valence-corrected chi connectivity index (χ2v) is 4.66. The van der Waals surface area contributed by atoms with Crippen molar-refractivity contribution < 1.29 is 0 Å². The molecule has 1 aromatic heterocycles. The topological polar surface area (TPSA) is 70.3 Å². The lowest BCUT2D eigenvalue weighted by molar-refractivity contribution is 0.371. The van der Waals surface area contributed by atoms with Gasteiger partial charge in [-0.3, -0.25) is 4.98 Å². The van der Waals surface area contributed by atoms with Gasteiger partial charge in [-0.25, -0.2) is 10.8 Å². The van der Waals surface area contributed by atoms with Gasteiger partial charge in [-0.15, -0.1) is 0 Å². The molecule has 17 heavy (non-hydrogen) atoms. The van der Waals surface area contributed by atoms with E-state index < -0.39 is 0 Å². The van der Waals surface area contributed by atoms with Gasteiger partial charge in [0.25, 0.3) is 0 Å². The molecule has 2 heterocycles. The molecule has 94 valence electrons. The first-order valence-electron chi connectivity index (χ1n) is 5.90. The molecule has 1 aromatic rings. The first-order valence-corrected chi connectivity index (χ1v) is 5.90. The lowest BCUT2D eigenvalue weighted by atomic mass is 10.2. The van der Waals surface area contributed by atoms with Crippen molar-refractivity contribution in [1.82, 2.24) is 14.9 Å². The Morgan fingerprint density at radius 2 is 2.35 bits per heavy atom. The van der Waals surface area contributed by atoms with Crippen molar-refractivity contribution >= 4 is 11.6 Å². The molecule has 6 nitrogen and oxygen atoms in total. The van der Waals surface area contributed by atoms with Crippen LogP contribution in [-0.4, -0.2) is 48.1 Å². The zero-order chi connectivity index (χ0) is 12.3. The maximum atomic E-state index is 5.35. The van der Waals surface area contributed by atoms with Crippen molar-refractivity contribution in [3.8, 4) is 0 Å². The van der Waals surface area contributed by atoms with Gasteiger partial charge in [0.2, 0.25) is 0 Å². The fourth-order valence-electron chi connectivity index (χ4n) is 2.31. The number of hydrogen-bond donors (Lipinski definition) is 2. The van der Waals surface area contributed by atoms with Crippen molar-refractivity contribution in [2.24, 2.45) is 5.84 Å². The monoisotopic (exact) mass is 236 g/mol. The van der Waals surface area contributed by atoms with E-state index in [9.17, 15) is 0 Å². The number of likely N-dealkylation sites (N-methyl/N-ethyl adjacent to an activating group) is 1. The molecular formula is C11H20N6. The fraction of sp³-hybridized carbons (Fsp3) is 0.636. The second-order valence-electron chi connectivity index (χ2n) is 4.66. The van der Waals surface area contributed by atoms with Crippen LogP contribution in [-0.2, 0) is 0 Å². The molecule has 3 N–H and O–H groups in total. The molecule has 1 saturated heterocycles. The maximum absolute atomic E-state index is 5.35. The Balaban J connectivity index is 2.14. The molecule has 1 aliphatic heterocycles. The first kappa shape index (κ1) is 12.1. The van der Waals surface area contributed by atoms with Gasteiger partial charge in [0.15, 0.2) is 5.82 Å². The number of rotatable bonds is 4. The zero-order valence-corrected chi connectivity index (χ0v) is 10.4. The van der Waals surface area contributed by atoms with Crippen LogP contribution in [0.1, 0.15) is 12.8 Å². The summed E-state index contributed by atoms with van der Waals surface area (Å²) in [4.78, 5) is 13.1. The Bertz CT molecular complexity index is 367. The summed E-state index contributed by atoms with van der Waals surface area (Å²) in [6, 6.07) is 0.521. The Morgan fingerprint density at radius 1 is 1.53 bits per heavy atom. The van der Waals surface area contributed by atoms with Gasteiger partial charge in [0, 0.05) is 19.1 Å². The van der Waals surface area contributed by atoms with E-state index >= 15 is 0 Å². The molecular weight excluding hydrogens is 216 g/mol. The van der Waals surface area contributed by atoms with E-state index in [0.29, 0.717) is 11.9 Å². The summed E-state index contributed by atoms with van der Waals surface area (Å²) in [5.41, 5.74) is 2.54. The van der Waals surface area contributed by atoms with Gasteiger partial charge >= 0.3 is 0 Å². The Kier molecular flexibility index (Phi) is 3.75. The summed E-state index contributed by atoms with van der Waals surface area (Å²) in [6.45, 7) is 2.09. The maximum Gasteiger partial charge on any atom is 0.160 e. The van der Waals surface area contributed by atoms with Crippen LogP contribution in [0.5, 0.6) is 0 Å². The molecule has 1 aliphatic rings. The summed E-state index contributed by atoms with van der Waals surface area (Å²) < 4.78 is 0. The highest BCUT2D eigenvalue weighted by molar-refractivity contribution is 5.45. The van der Waals surface area contributed by atoms with E-state index in [0.717, 1.165) is 18.9 Å². The van der Waals surface area contributed by atoms with Crippen molar-refractivity contribution in [2.45, 2.75) is 18.9 Å². The second kappa shape index (κ2) is 5.29. The van der Waals surface area contributed by atoms with Gasteiger partial charge in [-0.05, 0) is 26.9 Å². The van der Waals surface area contributed by atoms with E-state index in [2.05, 4.69) is 39.3 Å². The standard InChI is InChI=1S/C11H20N6/c1-16(2)8-9-4-3-5-17(9)11-7-13-6-10(14-11)15-12/h6-7,9H,3-5,8,12H2,1-2H3,(H,14,15). The number of nitrogen functional groups attached to an aromatic ring is 1. The van der Waals surface area contributed by atoms with E-state index in [1.165, 1.54) is 12.8 Å². The molecule has 0 aromatic carbocycles. The third-order valence-corrected chi connectivity index (χ3v) is 3.02. The predicted molar refractivity (Wildman–Crippen MR) is 68.8 cm³/mol. The molecule has 1 fully saturated rings. The zero-order valence-electron chi connectivity index (χ0n) is 10.4. The summed E-state index contributed by atoms with van der Waals surface area (Å²) >= 11 is 0. The van der Waals surface area contributed by atoms with Crippen LogP contribution in [0, 0.1) is 0 Å². The normalized spacial score (nSPS) is 20.0. The molecule has 2 rings (SSSR count). The van der Waals surface area contributed by atoms with Crippen LogP contribution in [0.2, 0.25) is 0 Å². The number of aromatic nitrogens is 2. The highest BCUT2D eigenvalue weighted by Crippen LogP contribution is 2.24. The van der Waals surface area contributed by atoms with Crippen LogP contribution in [0.15, 0.2) is 12.4 Å². The lowest BCUT2D eigenvalue weighted by Gasteiger charge is -2.27. The Hall–Kier alpha value is -1.40. The molecule has 1 atom stereocenters. The Labute approximate surface area is 102 Å². The van der Waals surface area contributed by atoms with Crippen LogP contribution in [0.25, 0.3) is 0 Å². The van der Waals surface area contributed by atoms with Crippen LogP contribution >= 0.6 is 0 Å². The molecule has 0 saturated carbocycles. The number of hydrazine groups is 1. The van der Waals surface area contributed by atoms with E-state index in [1.54, 1.807) is 12.4 Å². The average Bonchev–Trinajstić information content (AvgIpc) is 2.76. The minimum Gasteiger partial charge on any atom is -0.351 e. The molecule has 0 spiro atoms. The van der Waals surface area contributed by atoms with Crippen molar-refractivity contribution in [2.75, 3.05) is 37.5 Å². The van der Waals surface area contributed by atoms with Crippen LogP contribution in [0.4, 0.5) is 11.6 Å². The molecule has 0 amide bonds. The quantitative estimate of drug-likeness (QED) is 0.578. The SMILES string of the molecule is CN(C)CC1CCCN1c1cncc(NN)n1. The first-order chi connectivity index (χ1) is 8.20. The summed E-state index contributed by atoms with van der Waals surface area (Å²) in [7, 11) is 4.19. The molecule has 0 radical (unpaired) electrons. The third-order valence-electron chi connectivity index (χ3n) is 3.02. The minimum absolute atomic E-state index is 0.521. The predicted octanol–water partition coefficient (Wildman–Crippen LogP) is 0.293. The fourth-order valence-corrected chi connectivity index (χ4v) is 2.31. The van der Waals surface area contributed by atoms with Gasteiger partial charge in [-0.1, -0.05) is 0 Å². The Morgan fingerprint density at radius 3 is 3.06 bits per heavy atom. The third kappa shape index (κ3) is 2.83. The highest BCUT2D eigenvalue weighted by atomic mass is 15.3. The average molecular weight is 236 g/mol. The van der Waals surface area contributed by atoms with Gasteiger partial charge in [-0.2, -0.15) is 0 Å². The summed E-state index contributed by atoms with van der Waals surface area (Å²) in [5.74, 6) is 6.87. The van der Waals surface area contributed by atoms with Crippen LogP contribution < -0.4 is 16.2 Å². The highest BCUT2D eigenvalue weighted by Gasteiger charge is 2.26. The minimum atomic E-state index is 0.521. The number of anilines is 2. The van der Waals surface area contributed by atoms with E-state index in [4.69, 9.17) is 5.84 Å².